The summed E-state index contributed by atoms with van der Waals surface area (Å²) in [5.74, 6) is -1.09. The maximum Gasteiger partial charge on any atom is 0.416 e. The fourth-order valence-corrected chi connectivity index (χ4v) is 4.91. The Hall–Kier alpha value is -3.86. The number of alkyl halides is 3. The Kier molecular flexibility index (Phi) is 8.82. The maximum atomic E-state index is 13.5. The molecule has 3 aromatic rings. The lowest BCUT2D eigenvalue weighted by Crippen LogP contribution is -2.38. The van der Waals surface area contributed by atoms with E-state index in [1.807, 2.05) is 13.8 Å². The number of nitrogens with one attached hydrogen (secondary N) is 2. The maximum absolute atomic E-state index is 13.5. The number of halogens is 3. The van der Waals surface area contributed by atoms with Gasteiger partial charge in [-0.3, -0.25) is 13.9 Å². The van der Waals surface area contributed by atoms with Gasteiger partial charge >= 0.3 is 6.18 Å². The number of hydrogen-bond donors (Lipinski definition) is 2. The SMILES string of the molecule is Cc1ccc(S(=O)(=O)N(CC(=O)Nc2ccccc2C(=O)NCC(C)C)c2cccc(C(F)(F)F)c2)cc1. The van der Waals surface area contributed by atoms with Crippen molar-refractivity contribution in [3.05, 3.63) is 89.5 Å². The van der Waals surface area contributed by atoms with Gasteiger partial charge in [-0.15, -0.1) is 0 Å². The van der Waals surface area contributed by atoms with E-state index in [0.29, 0.717) is 16.9 Å². The van der Waals surface area contributed by atoms with Crippen LogP contribution in [-0.2, 0) is 21.0 Å². The number of rotatable bonds is 9. The molecule has 0 spiro atoms. The van der Waals surface area contributed by atoms with Crippen LogP contribution in [0.2, 0.25) is 0 Å². The molecular weight excluding hydrogens is 519 g/mol. The van der Waals surface area contributed by atoms with E-state index < -0.39 is 40.1 Å². The predicted molar refractivity (Wildman–Crippen MR) is 139 cm³/mol. The van der Waals surface area contributed by atoms with Gasteiger partial charge in [0.25, 0.3) is 15.9 Å². The molecule has 2 N–H and O–H groups in total. The lowest BCUT2D eigenvalue weighted by atomic mass is 10.1. The molecule has 0 aliphatic heterocycles. The van der Waals surface area contributed by atoms with Crippen molar-refractivity contribution in [1.82, 2.24) is 5.32 Å². The minimum atomic E-state index is -4.72. The number of sulfonamides is 1. The number of carbonyl (C=O) groups excluding carboxylic acids is 2. The van der Waals surface area contributed by atoms with Gasteiger partial charge in [0.1, 0.15) is 6.54 Å². The normalized spacial score (nSPS) is 11.8. The third-order valence-electron chi connectivity index (χ3n) is 5.47. The molecule has 202 valence electrons. The average molecular weight is 548 g/mol. The standard InChI is InChI=1S/C27H28F3N3O4S/c1-18(2)16-31-26(35)23-9-4-5-10-24(23)32-25(34)17-33(21-8-6-7-20(15-21)27(28,29)30)38(36,37)22-13-11-19(3)12-14-22/h4-15,18H,16-17H2,1-3H3,(H,31,35)(H,32,34). The first-order chi connectivity index (χ1) is 17.8. The number of benzene rings is 3. The molecule has 0 saturated carbocycles. The van der Waals surface area contributed by atoms with Gasteiger partial charge in [-0.2, -0.15) is 13.2 Å². The van der Waals surface area contributed by atoms with Crippen LogP contribution in [0, 0.1) is 12.8 Å². The summed E-state index contributed by atoms with van der Waals surface area (Å²) in [6.45, 7) is 5.16. The van der Waals surface area contributed by atoms with Gasteiger partial charge in [-0.05, 0) is 55.3 Å². The van der Waals surface area contributed by atoms with Crippen LogP contribution in [0.5, 0.6) is 0 Å². The van der Waals surface area contributed by atoms with E-state index in [0.717, 1.165) is 17.7 Å². The minimum absolute atomic E-state index is 0.135. The zero-order valence-electron chi connectivity index (χ0n) is 21.0. The average Bonchev–Trinajstić information content (AvgIpc) is 2.86. The van der Waals surface area contributed by atoms with Crippen molar-refractivity contribution >= 4 is 33.2 Å². The molecule has 0 aromatic heterocycles. The highest BCUT2D eigenvalue weighted by Crippen LogP contribution is 2.33. The molecule has 11 heteroatoms. The predicted octanol–water partition coefficient (Wildman–Crippen LogP) is 5.23. The number of carbonyl (C=O) groups is 2. The first-order valence-electron chi connectivity index (χ1n) is 11.7. The number of aryl methyl sites for hydroxylation is 1. The van der Waals surface area contributed by atoms with Crippen LogP contribution in [0.15, 0.2) is 77.7 Å². The molecule has 3 aromatic carbocycles. The van der Waals surface area contributed by atoms with Crippen molar-refractivity contribution in [1.29, 1.82) is 0 Å². The van der Waals surface area contributed by atoms with E-state index in [4.69, 9.17) is 0 Å². The summed E-state index contributed by atoms with van der Waals surface area (Å²) in [7, 11) is -4.44. The Labute approximate surface area is 219 Å². The second-order valence-corrected chi connectivity index (χ2v) is 10.9. The molecule has 0 radical (unpaired) electrons. The first kappa shape index (κ1) is 28.7. The smallest absolute Gasteiger partial charge is 0.352 e. The van der Waals surface area contributed by atoms with Gasteiger partial charge in [0.2, 0.25) is 5.91 Å². The van der Waals surface area contributed by atoms with Crippen molar-refractivity contribution in [2.75, 3.05) is 22.7 Å². The number of amides is 2. The van der Waals surface area contributed by atoms with Crippen molar-refractivity contribution < 1.29 is 31.2 Å². The molecule has 3 rings (SSSR count). The highest BCUT2D eigenvalue weighted by Gasteiger charge is 2.33. The number of hydrogen-bond acceptors (Lipinski definition) is 4. The van der Waals surface area contributed by atoms with Gasteiger partial charge in [0.15, 0.2) is 0 Å². The Bertz CT molecular complexity index is 1410. The fourth-order valence-electron chi connectivity index (χ4n) is 3.49. The molecule has 0 saturated heterocycles. The fraction of sp³-hybridized carbons (Fsp3) is 0.259. The Morgan fingerprint density at radius 3 is 2.24 bits per heavy atom. The van der Waals surface area contributed by atoms with Crippen molar-refractivity contribution in [3.8, 4) is 0 Å². The summed E-state index contributed by atoms with van der Waals surface area (Å²) >= 11 is 0. The largest absolute Gasteiger partial charge is 0.416 e. The van der Waals surface area contributed by atoms with Crippen LogP contribution in [0.25, 0.3) is 0 Å². The molecule has 0 unspecified atom stereocenters. The molecule has 0 atom stereocenters. The number of nitrogens with zero attached hydrogens (tertiary/aromatic N) is 1. The highest BCUT2D eigenvalue weighted by molar-refractivity contribution is 7.92. The zero-order valence-corrected chi connectivity index (χ0v) is 21.9. The van der Waals surface area contributed by atoms with E-state index in [-0.39, 0.29) is 27.8 Å². The molecule has 38 heavy (non-hydrogen) atoms. The molecule has 0 aliphatic carbocycles. The second kappa shape index (κ2) is 11.7. The summed E-state index contributed by atoms with van der Waals surface area (Å²) in [4.78, 5) is 25.5. The van der Waals surface area contributed by atoms with Crippen LogP contribution < -0.4 is 14.9 Å². The molecule has 0 aliphatic rings. The van der Waals surface area contributed by atoms with Gasteiger partial charge in [-0.25, -0.2) is 8.42 Å². The van der Waals surface area contributed by atoms with Gasteiger partial charge in [-0.1, -0.05) is 49.7 Å². The Morgan fingerprint density at radius 2 is 1.61 bits per heavy atom. The highest BCUT2D eigenvalue weighted by atomic mass is 32.2. The third kappa shape index (κ3) is 7.12. The summed E-state index contributed by atoms with van der Waals surface area (Å²) in [6, 6.07) is 15.6. The molecule has 0 heterocycles. The number of para-hydroxylation sites is 1. The lowest BCUT2D eigenvalue weighted by molar-refractivity contribution is -0.137. The van der Waals surface area contributed by atoms with E-state index in [2.05, 4.69) is 10.6 Å². The van der Waals surface area contributed by atoms with Crippen molar-refractivity contribution in [2.45, 2.75) is 31.8 Å². The van der Waals surface area contributed by atoms with Crippen LogP contribution >= 0.6 is 0 Å². The molecule has 0 bridgehead atoms. The Balaban J connectivity index is 1.97. The quantitative estimate of drug-likeness (QED) is 0.383. The van der Waals surface area contributed by atoms with E-state index in [9.17, 15) is 31.2 Å². The molecule has 2 amide bonds. The minimum Gasteiger partial charge on any atom is -0.352 e. The van der Waals surface area contributed by atoms with Crippen LogP contribution in [-0.4, -0.2) is 33.3 Å². The summed E-state index contributed by atoms with van der Waals surface area (Å²) < 4.78 is 67.8. The summed E-state index contributed by atoms with van der Waals surface area (Å²) in [6.07, 6.45) is -4.72. The summed E-state index contributed by atoms with van der Waals surface area (Å²) in [5.41, 5.74) is -0.325. The number of anilines is 2. The van der Waals surface area contributed by atoms with Gasteiger partial charge < -0.3 is 10.6 Å². The van der Waals surface area contributed by atoms with Crippen LogP contribution in [0.4, 0.5) is 24.5 Å². The van der Waals surface area contributed by atoms with Gasteiger partial charge in [0.05, 0.1) is 27.4 Å². The van der Waals surface area contributed by atoms with E-state index >= 15 is 0 Å². The first-order valence-corrected chi connectivity index (χ1v) is 13.2. The van der Waals surface area contributed by atoms with E-state index in [1.54, 1.807) is 31.2 Å². The third-order valence-corrected chi connectivity index (χ3v) is 7.26. The zero-order chi connectivity index (χ0) is 28.1. The Morgan fingerprint density at radius 1 is 0.947 bits per heavy atom. The van der Waals surface area contributed by atoms with Gasteiger partial charge in [0, 0.05) is 6.54 Å². The lowest BCUT2D eigenvalue weighted by Gasteiger charge is -2.25. The van der Waals surface area contributed by atoms with E-state index in [1.165, 1.54) is 30.3 Å². The molecular formula is C27H28F3N3O4S. The summed E-state index contributed by atoms with van der Waals surface area (Å²) in [5, 5.41) is 5.27. The van der Waals surface area contributed by atoms with Crippen molar-refractivity contribution in [3.63, 3.8) is 0 Å². The monoisotopic (exact) mass is 547 g/mol. The van der Waals surface area contributed by atoms with Crippen LogP contribution in [0.1, 0.15) is 35.3 Å². The molecule has 7 nitrogen and oxygen atoms in total. The van der Waals surface area contributed by atoms with Crippen molar-refractivity contribution in [2.24, 2.45) is 5.92 Å². The van der Waals surface area contributed by atoms with Crippen LogP contribution in [0.3, 0.4) is 0 Å². The molecule has 0 fully saturated rings. The topological polar surface area (TPSA) is 95.6 Å². The second-order valence-electron chi connectivity index (χ2n) is 9.07.